The lowest BCUT2D eigenvalue weighted by Crippen LogP contribution is -2.52. The van der Waals surface area contributed by atoms with E-state index in [2.05, 4.69) is 14.7 Å². The number of carbonyl (C=O) groups is 2. The van der Waals surface area contributed by atoms with Crippen LogP contribution >= 0.6 is 11.6 Å². The largest absolute Gasteiger partial charge is 0.284 e. The molecule has 1 aromatic heterocycles. The van der Waals surface area contributed by atoms with Gasteiger partial charge in [0.2, 0.25) is 27.1 Å². The number of nitrogens with zero attached hydrogens (tertiary/aromatic N) is 3. The summed E-state index contributed by atoms with van der Waals surface area (Å²) in [6.45, 7) is 0. The number of hydrogen-bond donors (Lipinski definition) is 1. The Morgan fingerprint density at radius 2 is 1.95 bits per heavy atom. The number of hydrogen-bond acceptors (Lipinski definition) is 6. The van der Waals surface area contributed by atoms with E-state index < -0.39 is 22.0 Å². The maximum absolute atomic E-state index is 12.1. The van der Waals surface area contributed by atoms with Gasteiger partial charge in [0.1, 0.15) is 10.9 Å². The van der Waals surface area contributed by atoms with Crippen LogP contribution in [0, 0.1) is 0 Å². The maximum atomic E-state index is 12.1. The Kier molecular flexibility index (Phi) is 4.02. The summed E-state index contributed by atoms with van der Waals surface area (Å²) >= 11 is 5.48. The van der Waals surface area contributed by atoms with Crippen molar-refractivity contribution in [2.75, 3.05) is 7.05 Å². The average molecular weight is 319 g/mol. The van der Waals surface area contributed by atoms with E-state index in [1.54, 1.807) is 0 Å². The number of likely N-dealkylation sites (N-methyl/N-ethyl adjacent to an activating group) is 1. The van der Waals surface area contributed by atoms with Crippen LogP contribution in [0.4, 0.5) is 0 Å². The van der Waals surface area contributed by atoms with Gasteiger partial charge in [-0.05, 0) is 18.0 Å². The molecule has 1 unspecified atom stereocenters. The van der Waals surface area contributed by atoms with Crippen molar-refractivity contribution in [2.45, 2.75) is 23.8 Å². The zero-order chi connectivity index (χ0) is 14.9. The highest BCUT2D eigenvalue weighted by Crippen LogP contribution is 2.15. The molecular weight excluding hydrogens is 308 g/mol. The monoisotopic (exact) mass is 318 g/mol. The Balaban J connectivity index is 2.18. The number of aromatic nitrogens is 2. The minimum atomic E-state index is -3.94. The Bertz CT molecular complexity index is 646. The standard InChI is InChI=1S/C10H11ClN4O4S/c1-15-8(16)3-2-7(9(15)17)14-20(18,19)6-4-12-10(11)13-5-6/h4-5,7,14H,2-3H2,1H3. The van der Waals surface area contributed by atoms with Crippen LogP contribution in [0.1, 0.15) is 12.8 Å². The number of nitrogens with one attached hydrogen (secondary N) is 1. The highest BCUT2D eigenvalue weighted by molar-refractivity contribution is 7.89. The maximum Gasteiger partial charge on any atom is 0.247 e. The van der Waals surface area contributed by atoms with Crippen molar-refractivity contribution in [1.82, 2.24) is 19.6 Å². The van der Waals surface area contributed by atoms with Gasteiger partial charge in [-0.1, -0.05) is 0 Å². The van der Waals surface area contributed by atoms with Crippen LogP contribution in [-0.2, 0) is 19.6 Å². The van der Waals surface area contributed by atoms with Gasteiger partial charge in [-0.3, -0.25) is 14.5 Å². The van der Waals surface area contributed by atoms with Gasteiger partial charge < -0.3 is 0 Å². The molecule has 8 nitrogen and oxygen atoms in total. The van der Waals surface area contributed by atoms with Gasteiger partial charge in [-0.15, -0.1) is 0 Å². The Morgan fingerprint density at radius 1 is 1.35 bits per heavy atom. The average Bonchev–Trinajstić information content (AvgIpc) is 2.40. The predicted octanol–water partition coefficient (Wildman–Crippen LogP) is -0.444. The van der Waals surface area contributed by atoms with Gasteiger partial charge in [0, 0.05) is 13.5 Å². The molecule has 1 atom stereocenters. The number of likely N-dealkylation sites (tertiary alicyclic amines) is 1. The number of imide groups is 1. The number of amides is 2. The van der Waals surface area contributed by atoms with E-state index >= 15 is 0 Å². The first kappa shape index (κ1) is 14.8. The van der Waals surface area contributed by atoms with E-state index in [-0.39, 0.29) is 28.9 Å². The molecule has 2 rings (SSSR count). The van der Waals surface area contributed by atoms with E-state index in [1.807, 2.05) is 0 Å². The zero-order valence-electron chi connectivity index (χ0n) is 10.4. The van der Waals surface area contributed by atoms with Gasteiger partial charge in [-0.25, -0.2) is 18.4 Å². The highest BCUT2D eigenvalue weighted by Gasteiger charge is 2.34. The van der Waals surface area contributed by atoms with Crippen molar-refractivity contribution in [1.29, 1.82) is 0 Å². The SMILES string of the molecule is CN1C(=O)CCC(NS(=O)(=O)c2cnc(Cl)nc2)C1=O. The molecule has 1 saturated heterocycles. The van der Waals surface area contributed by atoms with Crippen LogP contribution in [0.25, 0.3) is 0 Å². The van der Waals surface area contributed by atoms with Crippen LogP contribution in [-0.4, -0.2) is 48.2 Å². The summed E-state index contributed by atoms with van der Waals surface area (Å²) < 4.78 is 26.3. The van der Waals surface area contributed by atoms with Crippen LogP contribution in [0.15, 0.2) is 17.3 Å². The van der Waals surface area contributed by atoms with Gasteiger partial charge in [0.15, 0.2) is 0 Å². The minimum Gasteiger partial charge on any atom is -0.284 e. The van der Waals surface area contributed by atoms with E-state index in [0.717, 1.165) is 17.3 Å². The van der Waals surface area contributed by atoms with E-state index in [4.69, 9.17) is 11.6 Å². The first-order chi connectivity index (χ1) is 9.31. The number of halogens is 1. The number of rotatable bonds is 3. The molecular formula is C10H11ClN4O4S. The van der Waals surface area contributed by atoms with Crippen molar-refractivity contribution in [2.24, 2.45) is 0 Å². The van der Waals surface area contributed by atoms with E-state index in [0.29, 0.717) is 0 Å². The third-order valence-electron chi connectivity index (χ3n) is 2.85. The molecule has 0 saturated carbocycles. The molecule has 1 aromatic rings. The summed E-state index contributed by atoms with van der Waals surface area (Å²) in [4.78, 5) is 31.0. The third-order valence-corrected chi connectivity index (χ3v) is 4.48. The van der Waals surface area contributed by atoms with Crippen LogP contribution in [0.3, 0.4) is 0 Å². The van der Waals surface area contributed by atoms with Crippen molar-refractivity contribution >= 4 is 33.4 Å². The second kappa shape index (κ2) is 5.43. The van der Waals surface area contributed by atoms with E-state index in [9.17, 15) is 18.0 Å². The topological polar surface area (TPSA) is 109 Å². The van der Waals surface area contributed by atoms with Gasteiger partial charge >= 0.3 is 0 Å². The summed E-state index contributed by atoms with van der Waals surface area (Å²) in [5.41, 5.74) is 0. The summed E-state index contributed by atoms with van der Waals surface area (Å²) in [6.07, 6.45) is 2.31. The molecule has 0 aromatic carbocycles. The molecule has 2 amide bonds. The second-order valence-corrected chi connectivity index (χ2v) is 6.24. The van der Waals surface area contributed by atoms with Crippen LogP contribution in [0.2, 0.25) is 5.28 Å². The fourth-order valence-electron chi connectivity index (χ4n) is 1.72. The molecule has 108 valence electrons. The molecule has 1 aliphatic rings. The summed E-state index contributed by atoms with van der Waals surface area (Å²) in [7, 11) is -2.63. The lowest BCUT2D eigenvalue weighted by Gasteiger charge is -2.27. The molecule has 0 spiro atoms. The molecule has 0 radical (unpaired) electrons. The van der Waals surface area contributed by atoms with Gasteiger partial charge in [0.25, 0.3) is 0 Å². The van der Waals surface area contributed by atoms with E-state index in [1.165, 1.54) is 7.05 Å². The fourth-order valence-corrected chi connectivity index (χ4v) is 2.93. The van der Waals surface area contributed by atoms with Crippen molar-refractivity contribution in [3.63, 3.8) is 0 Å². The Labute approximate surface area is 120 Å². The molecule has 2 heterocycles. The van der Waals surface area contributed by atoms with Gasteiger partial charge in [0.05, 0.1) is 12.4 Å². The second-order valence-electron chi connectivity index (χ2n) is 4.19. The molecule has 20 heavy (non-hydrogen) atoms. The van der Waals surface area contributed by atoms with Crippen molar-refractivity contribution in [3.05, 3.63) is 17.7 Å². The first-order valence-corrected chi connectivity index (χ1v) is 7.47. The summed E-state index contributed by atoms with van der Waals surface area (Å²) in [5, 5.41) is -0.0805. The third kappa shape index (κ3) is 2.94. The predicted molar refractivity (Wildman–Crippen MR) is 68.2 cm³/mol. The molecule has 10 heteroatoms. The molecule has 0 bridgehead atoms. The number of piperidine rings is 1. The Morgan fingerprint density at radius 3 is 2.55 bits per heavy atom. The Hall–Kier alpha value is -1.58. The van der Waals surface area contributed by atoms with Gasteiger partial charge in [-0.2, -0.15) is 4.72 Å². The molecule has 0 aliphatic carbocycles. The minimum absolute atomic E-state index is 0.0805. The first-order valence-electron chi connectivity index (χ1n) is 5.61. The van der Waals surface area contributed by atoms with Crippen molar-refractivity contribution < 1.29 is 18.0 Å². The lowest BCUT2D eigenvalue weighted by atomic mass is 10.1. The van der Waals surface area contributed by atoms with Crippen LogP contribution < -0.4 is 4.72 Å². The highest BCUT2D eigenvalue weighted by atomic mass is 35.5. The molecule has 1 N–H and O–H groups in total. The molecule has 1 fully saturated rings. The fraction of sp³-hybridized carbons (Fsp3) is 0.400. The quantitative estimate of drug-likeness (QED) is 0.597. The van der Waals surface area contributed by atoms with Crippen molar-refractivity contribution in [3.8, 4) is 0 Å². The summed E-state index contributed by atoms with van der Waals surface area (Å²) in [5.74, 6) is -0.917. The van der Waals surface area contributed by atoms with Crippen LogP contribution in [0.5, 0.6) is 0 Å². The normalized spacial score (nSPS) is 20.3. The number of carbonyl (C=O) groups excluding carboxylic acids is 2. The molecule has 1 aliphatic heterocycles. The number of sulfonamides is 1. The zero-order valence-corrected chi connectivity index (χ0v) is 12.0. The lowest BCUT2D eigenvalue weighted by molar-refractivity contribution is -0.147. The smallest absolute Gasteiger partial charge is 0.247 e. The summed E-state index contributed by atoms with van der Waals surface area (Å²) in [6, 6.07) is -0.974.